The third-order valence-electron chi connectivity index (χ3n) is 3.54. The van der Waals surface area contributed by atoms with Gasteiger partial charge in [-0.05, 0) is 25.0 Å². The molecule has 0 radical (unpaired) electrons. The SMILES string of the molecule is O=C(O)c1nc(N2CCC(O)CC2)c2ccccc2n1. The number of nitrogens with zero attached hydrogens (tertiary/aromatic N) is 3. The van der Waals surface area contributed by atoms with Crippen molar-refractivity contribution < 1.29 is 15.0 Å². The summed E-state index contributed by atoms with van der Waals surface area (Å²) in [5.41, 5.74) is 0.626. The van der Waals surface area contributed by atoms with E-state index in [2.05, 4.69) is 9.97 Å². The number of carboxylic acid groups (broad SMARTS) is 1. The number of carboxylic acids is 1. The highest BCUT2D eigenvalue weighted by molar-refractivity contribution is 5.93. The van der Waals surface area contributed by atoms with Crippen LogP contribution in [0.2, 0.25) is 0 Å². The summed E-state index contributed by atoms with van der Waals surface area (Å²) >= 11 is 0. The lowest BCUT2D eigenvalue weighted by Crippen LogP contribution is -2.36. The van der Waals surface area contributed by atoms with Gasteiger partial charge < -0.3 is 15.1 Å². The fraction of sp³-hybridized carbons (Fsp3) is 0.357. The number of hydrogen-bond donors (Lipinski definition) is 2. The maximum atomic E-state index is 11.1. The second kappa shape index (κ2) is 5.05. The lowest BCUT2D eigenvalue weighted by molar-refractivity contribution is 0.0684. The number of fused-ring (bicyclic) bond motifs is 1. The molecule has 0 atom stereocenters. The van der Waals surface area contributed by atoms with Crippen LogP contribution in [-0.4, -0.2) is 45.3 Å². The van der Waals surface area contributed by atoms with Gasteiger partial charge in [0, 0.05) is 18.5 Å². The third-order valence-corrected chi connectivity index (χ3v) is 3.54. The van der Waals surface area contributed by atoms with Crippen LogP contribution in [0.15, 0.2) is 24.3 Å². The molecular formula is C14H15N3O3. The molecule has 2 aromatic rings. The van der Waals surface area contributed by atoms with E-state index in [9.17, 15) is 9.90 Å². The average molecular weight is 273 g/mol. The van der Waals surface area contributed by atoms with Crippen LogP contribution in [0.5, 0.6) is 0 Å². The number of aromatic carboxylic acids is 1. The van der Waals surface area contributed by atoms with Crippen molar-refractivity contribution in [1.82, 2.24) is 9.97 Å². The summed E-state index contributed by atoms with van der Waals surface area (Å²) in [6.07, 6.45) is 1.06. The van der Waals surface area contributed by atoms with E-state index in [-0.39, 0.29) is 11.9 Å². The fourth-order valence-corrected chi connectivity index (χ4v) is 2.47. The van der Waals surface area contributed by atoms with E-state index in [0.717, 1.165) is 5.39 Å². The van der Waals surface area contributed by atoms with Gasteiger partial charge in [0.05, 0.1) is 11.6 Å². The van der Waals surface area contributed by atoms with Gasteiger partial charge in [-0.15, -0.1) is 0 Å². The number of hydrogen-bond acceptors (Lipinski definition) is 5. The van der Waals surface area contributed by atoms with Gasteiger partial charge in [0.15, 0.2) is 0 Å². The second-order valence-corrected chi connectivity index (χ2v) is 4.91. The number of aromatic nitrogens is 2. The standard InChI is InChI=1S/C14H15N3O3/c18-9-5-7-17(8-6-9)13-10-3-1-2-4-11(10)15-12(16-13)14(19)20/h1-4,9,18H,5-8H2,(H,19,20). The zero-order chi connectivity index (χ0) is 14.1. The molecule has 0 saturated carbocycles. The van der Waals surface area contributed by atoms with Crippen LogP contribution >= 0.6 is 0 Å². The van der Waals surface area contributed by atoms with Crippen molar-refractivity contribution in [3.05, 3.63) is 30.1 Å². The first-order valence-corrected chi connectivity index (χ1v) is 6.58. The maximum Gasteiger partial charge on any atom is 0.374 e. The van der Waals surface area contributed by atoms with Gasteiger partial charge in [0.25, 0.3) is 0 Å². The zero-order valence-electron chi connectivity index (χ0n) is 10.9. The van der Waals surface area contributed by atoms with E-state index in [1.54, 1.807) is 6.07 Å². The Labute approximate surface area is 115 Å². The average Bonchev–Trinajstić information content (AvgIpc) is 2.47. The highest BCUT2D eigenvalue weighted by atomic mass is 16.4. The van der Waals surface area contributed by atoms with Crippen molar-refractivity contribution in [2.24, 2.45) is 0 Å². The minimum atomic E-state index is -1.13. The lowest BCUT2D eigenvalue weighted by Gasteiger charge is -2.31. The predicted octanol–water partition coefficient (Wildman–Crippen LogP) is 1.29. The van der Waals surface area contributed by atoms with Gasteiger partial charge in [-0.2, -0.15) is 0 Å². The third kappa shape index (κ3) is 2.30. The van der Waals surface area contributed by atoms with E-state index >= 15 is 0 Å². The Morgan fingerprint density at radius 2 is 1.90 bits per heavy atom. The Morgan fingerprint density at radius 1 is 1.20 bits per heavy atom. The summed E-state index contributed by atoms with van der Waals surface area (Å²) in [5, 5.41) is 19.5. The Kier molecular flexibility index (Phi) is 3.23. The number of aliphatic hydroxyl groups is 1. The van der Waals surface area contributed by atoms with E-state index < -0.39 is 5.97 Å². The van der Waals surface area contributed by atoms with Crippen LogP contribution in [0.25, 0.3) is 10.9 Å². The first-order chi connectivity index (χ1) is 9.65. The largest absolute Gasteiger partial charge is 0.475 e. The molecule has 1 aromatic carbocycles. The summed E-state index contributed by atoms with van der Waals surface area (Å²) in [5.74, 6) is -0.682. The second-order valence-electron chi connectivity index (χ2n) is 4.91. The number of anilines is 1. The number of piperidine rings is 1. The molecule has 1 aliphatic rings. The molecule has 1 aliphatic heterocycles. The molecule has 0 spiro atoms. The fourth-order valence-electron chi connectivity index (χ4n) is 2.47. The molecule has 104 valence electrons. The minimum Gasteiger partial charge on any atom is -0.475 e. The van der Waals surface area contributed by atoms with E-state index in [0.29, 0.717) is 37.3 Å². The molecule has 0 bridgehead atoms. The van der Waals surface area contributed by atoms with Crippen molar-refractivity contribution in [3.8, 4) is 0 Å². The quantitative estimate of drug-likeness (QED) is 0.857. The summed E-state index contributed by atoms with van der Waals surface area (Å²) in [6, 6.07) is 7.38. The van der Waals surface area contributed by atoms with Gasteiger partial charge in [0.2, 0.25) is 5.82 Å². The van der Waals surface area contributed by atoms with E-state index in [1.165, 1.54) is 0 Å². The molecular weight excluding hydrogens is 258 g/mol. The van der Waals surface area contributed by atoms with Gasteiger partial charge in [0.1, 0.15) is 5.82 Å². The molecule has 20 heavy (non-hydrogen) atoms. The molecule has 1 aromatic heterocycles. The molecule has 2 heterocycles. The predicted molar refractivity (Wildman–Crippen MR) is 74.0 cm³/mol. The van der Waals surface area contributed by atoms with Gasteiger partial charge >= 0.3 is 5.97 Å². The van der Waals surface area contributed by atoms with Crippen molar-refractivity contribution in [2.45, 2.75) is 18.9 Å². The van der Waals surface area contributed by atoms with E-state index in [4.69, 9.17) is 5.11 Å². The molecule has 1 saturated heterocycles. The number of para-hydroxylation sites is 1. The van der Waals surface area contributed by atoms with Crippen LogP contribution in [0.3, 0.4) is 0 Å². The van der Waals surface area contributed by atoms with Crippen molar-refractivity contribution >= 4 is 22.7 Å². The van der Waals surface area contributed by atoms with Crippen LogP contribution in [0.1, 0.15) is 23.5 Å². The molecule has 6 nitrogen and oxygen atoms in total. The summed E-state index contributed by atoms with van der Waals surface area (Å²) in [4.78, 5) is 21.4. The Balaban J connectivity index is 2.10. The monoisotopic (exact) mass is 273 g/mol. The van der Waals surface area contributed by atoms with E-state index in [1.807, 2.05) is 23.1 Å². The van der Waals surface area contributed by atoms with Crippen molar-refractivity contribution in [1.29, 1.82) is 0 Å². The Morgan fingerprint density at radius 3 is 2.60 bits per heavy atom. The van der Waals surface area contributed by atoms with Crippen LogP contribution in [0, 0.1) is 0 Å². The molecule has 0 aliphatic carbocycles. The summed E-state index contributed by atoms with van der Waals surface area (Å²) in [7, 11) is 0. The van der Waals surface area contributed by atoms with Crippen molar-refractivity contribution in [3.63, 3.8) is 0 Å². The number of benzene rings is 1. The summed E-state index contributed by atoms with van der Waals surface area (Å²) < 4.78 is 0. The Bertz CT molecular complexity index is 651. The van der Waals surface area contributed by atoms with Gasteiger partial charge in [-0.25, -0.2) is 14.8 Å². The zero-order valence-corrected chi connectivity index (χ0v) is 10.9. The first kappa shape index (κ1) is 12.8. The van der Waals surface area contributed by atoms with Crippen molar-refractivity contribution in [2.75, 3.05) is 18.0 Å². The first-order valence-electron chi connectivity index (χ1n) is 6.58. The van der Waals surface area contributed by atoms with Crippen LogP contribution < -0.4 is 4.90 Å². The highest BCUT2D eigenvalue weighted by Crippen LogP contribution is 2.26. The van der Waals surface area contributed by atoms with Gasteiger partial charge in [-0.3, -0.25) is 0 Å². The number of aliphatic hydroxyl groups excluding tert-OH is 1. The molecule has 0 unspecified atom stereocenters. The maximum absolute atomic E-state index is 11.1. The Hall–Kier alpha value is -2.21. The molecule has 0 amide bonds. The topological polar surface area (TPSA) is 86.5 Å². The lowest BCUT2D eigenvalue weighted by atomic mass is 10.1. The van der Waals surface area contributed by atoms with Crippen LogP contribution in [0.4, 0.5) is 5.82 Å². The molecule has 3 rings (SSSR count). The van der Waals surface area contributed by atoms with Crippen LogP contribution in [-0.2, 0) is 0 Å². The molecule has 1 fully saturated rings. The summed E-state index contributed by atoms with van der Waals surface area (Å²) in [6.45, 7) is 1.34. The highest BCUT2D eigenvalue weighted by Gasteiger charge is 2.22. The molecule has 6 heteroatoms. The number of carbonyl (C=O) groups is 1. The number of rotatable bonds is 2. The normalized spacial score (nSPS) is 16.6. The minimum absolute atomic E-state index is 0.190. The molecule has 2 N–H and O–H groups in total. The smallest absolute Gasteiger partial charge is 0.374 e. The van der Waals surface area contributed by atoms with Gasteiger partial charge in [-0.1, -0.05) is 12.1 Å².